The number of amides is 4. The summed E-state index contributed by atoms with van der Waals surface area (Å²) in [6, 6.07) is 23.3. The number of hydrogen-bond donors (Lipinski definition) is 3. The number of likely N-dealkylation sites (tertiary alicyclic amines) is 2. The number of methoxy groups -OCH3 is 1. The molecule has 0 saturated carbocycles. The molecule has 1 aliphatic carbocycles. The third kappa shape index (κ3) is 11.8. The van der Waals surface area contributed by atoms with Crippen LogP contribution in [-0.2, 0) is 40.5 Å². The molecule has 0 spiro atoms. The van der Waals surface area contributed by atoms with E-state index in [9.17, 15) is 27.6 Å². The van der Waals surface area contributed by atoms with Gasteiger partial charge in [0.2, 0.25) is 17.7 Å². The number of sulfonamides is 1. The first-order valence-corrected chi connectivity index (χ1v) is 25.4. The molecule has 2 saturated heterocycles. The Morgan fingerprint density at radius 2 is 1.43 bits per heavy atom. The molecular formula is C53H64N6O9S. The summed E-state index contributed by atoms with van der Waals surface area (Å²) in [5, 5.41) is 5.86. The Morgan fingerprint density at radius 3 is 2.10 bits per heavy atom. The first-order valence-electron chi connectivity index (χ1n) is 24.0. The highest BCUT2D eigenvalue weighted by molar-refractivity contribution is 7.90. The molecule has 69 heavy (non-hydrogen) atoms. The first kappa shape index (κ1) is 50.3. The van der Waals surface area contributed by atoms with Crippen LogP contribution in [0.25, 0.3) is 11.1 Å². The number of rotatable bonds is 19. The Morgan fingerprint density at radius 1 is 0.783 bits per heavy atom. The number of amidine groups is 1. The first-order chi connectivity index (χ1) is 33.2. The topological polar surface area (TPSA) is 207 Å². The van der Waals surface area contributed by atoms with Gasteiger partial charge in [0.1, 0.15) is 30.3 Å². The number of nitrogens with one attached hydrogen (secondary N) is 2. The normalized spacial score (nSPS) is 16.8. The van der Waals surface area contributed by atoms with Crippen molar-refractivity contribution >= 4 is 45.5 Å². The second kappa shape index (κ2) is 22.7. The molecule has 2 fully saturated rings. The van der Waals surface area contributed by atoms with Crippen LogP contribution >= 0.6 is 0 Å². The highest BCUT2D eigenvalue weighted by atomic mass is 32.2. The lowest BCUT2D eigenvalue weighted by Crippen LogP contribution is -2.56. The second-order valence-corrected chi connectivity index (χ2v) is 19.8. The van der Waals surface area contributed by atoms with Crippen LogP contribution in [0.1, 0.15) is 110 Å². The van der Waals surface area contributed by atoms with Crippen molar-refractivity contribution in [1.29, 1.82) is 0 Å². The number of ketones is 1. The summed E-state index contributed by atoms with van der Waals surface area (Å²) in [4.78, 5) is 73.7. The van der Waals surface area contributed by atoms with Gasteiger partial charge in [-0.05, 0) is 116 Å². The van der Waals surface area contributed by atoms with Gasteiger partial charge in [-0.1, -0.05) is 85.3 Å². The van der Waals surface area contributed by atoms with Crippen LogP contribution in [0.2, 0.25) is 0 Å². The van der Waals surface area contributed by atoms with Gasteiger partial charge in [-0.3, -0.25) is 19.2 Å². The van der Waals surface area contributed by atoms with E-state index in [1.807, 2.05) is 78.9 Å². The molecule has 4 amide bonds. The molecule has 3 aliphatic rings. The number of hydrogen-bond acceptors (Lipinski definition) is 9. The summed E-state index contributed by atoms with van der Waals surface area (Å²) >= 11 is 0. The van der Waals surface area contributed by atoms with Crippen molar-refractivity contribution in [3.63, 3.8) is 0 Å². The molecule has 4 aromatic carbocycles. The lowest BCUT2D eigenvalue weighted by molar-refractivity contribution is -0.141. The minimum atomic E-state index is -4.16. The number of Topliss-reactive ketones (excluding diaryl/α,β-unsaturated/α-hetero) is 1. The zero-order valence-electron chi connectivity index (χ0n) is 40.0. The predicted octanol–water partition coefficient (Wildman–Crippen LogP) is 7.17. The number of ether oxygens (including phenoxy) is 2. The van der Waals surface area contributed by atoms with Gasteiger partial charge in [-0.25, -0.2) is 4.79 Å². The van der Waals surface area contributed by atoms with Gasteiger partial charge in [0.05, 0.1) is 18.0 Å². The van der Waals surface area contributed by atoms with Crippen LogP contribution in [0.5, 0.6) is 5.75 Å². The van der Waals surface area contributed by atoms with Gasteiger partial charge in [0.15, 0.2) is 5.78 Å². The quantitative estimate of drug-likeness (QED) is 0.0491. The zero-order valence-corrected chi connectivity index (χ0v) is 40.8. The van der Waals surface area contributed by atoms with E-state index in [1.165, 1.54) is 12.0 Å². The minimum Gasteiger partial charge on any atom is -0.496 e. The molecule has 366 valence electrons. The van der Waals surface area contributed by atoms with E-state index in [0.29, 0.717) is 61.2 Å². The monoisotopic (exact) mass is 960 g/mol. The van der Waals surface area contributed by atoms with Crippen molar-refractivity contribution in [2.75, 3.05) is 26.7 Å². The van der Waals surface area contributed by atoms with E-state index in [1.54, 1.807) is 31.7 Å². The van der Waals surface area contributed by atoms with Gasteiger partial charge in [0.25, 0.3) is 10.0 Å². The molecule has 0 bridgehead atoms. The molecule has 0 radical (unpaired) electrons. The van der Waals surface area contributed by atoms with Crippen molar-refractivity contribution in [2.24, 2.45) is 10.1 Å². The fourth-order valence-electron chi connectivity index (χ4n) is 10.0. The number of carbonyl (C=O) groups is 5. The van der Waals surface area contributed by atoms with Gasteiger partial charge >= 0.3 is 6.09 Å². The number of carbonyl (C=O) groups excluding carboxylic acids is 5. The number of nitrogens with two attached hydrogens (primary N) is 1. The molecule has 3 atom stereocenters. The smallest absolute Gasteiger partial charge is 0.408 e. The average Bonchev–Trinajstić information content (AvgIpc) is 3.98. The predicted molar refractivity (Wildman–Crippen MR) is 263 cm³/mol. The SMILES string of the molecule is COc1cc(C)c(S(=O)(=O)/N=C(/N)CCCCC(NC(=O)[C@@H]2CCCN2C(=O)C(NC(=O)OCc2ccccc2)C2c3ccccc3-c3ccccc32)C(=O)CCC(=O)N2CCCCC2)c(C)c1C. The Hall–Kier alpha value is -6.55. The minimum absolute atomic E-state index is 0.00155. The number of benzene rings is 4. The van der Waals surface area contributed by atoms with Crippen molar-refractivity contribution in [3.05, 3.63) is 118 Å². The van der Waals surface area contributed by atoms with Crippen LogP contribution in [0.4, 0.5) is 4.79 Å². The summed E-state index contributed by atoms with van der Waals surface area (Å²) in [6.07, 6.45) is 3.81. The Kier molecular flexibility index (Phi) is 16.6. The molecule has 4 aromatic rings. The van der Waals surface area contributed by atoms with Crippen LogP contribution in [0.15, 0.2) is 94.2 Å². The number of fused-ring (bicyclic) bond motifs is 3. The molecule has 16 heteroatoms. The maximum Gasteiger partial charge on any atom is 0.408 e. The number of nitrogens with zero attached hydrogens (tertiary/aromatic N) is 3. The molecule has 15 nitrogen and oxygen atoms in total. The summed E-state index contributed by atoms with van der Waals surface area (Å²) < 4.78 is 42.0. The summed E-state index contributed by atoms with van der Waals surface area (Å²) in [5.74, 6) is -1.54. The summed E-state index contributed by atoms with van der Waals surface area (Å²) in [7, 11) is -2.64. The Labute approximate surface area is 405 Å². The van der Waals surface area contributed by atoms with Crippen LogP contribution in [0, 0.1) is 20.8 Å². The van der Waals surface area contributed by atoms with Gasteiger partial charge < -0.3 is 35.6 Å². The largest absolute Gasteiger partial charge is 0.496 e. The number of aryl methyl sites for hydroxylation is 1. The van der Waals surface area contributed by atoms with E-state index in [-0.39, 0.29) is 61.3 Å². The summed E-state index contributed by atoms with van der Waals surface area (Å²) in [5.41, 5.74) is 12.3. The van der Waals surface area contributed by atoms with Crippen LogP contribution in [-0.4, -0.2) is 98.5 Å². The molecule has 7 rings (SSSR count). The van der Waals surface area contributed by atoms with Crippen molar-refractivity contribution in [2.45, 2.75) is 127 Å². The van der Waals surface area contributed by atoms with Crippen molar-refractivity contribution < 1.29 is 41.9 Å². The fourth-order valence-corrected chi connectivity index (χ4v) is 11.5. The molecular weight excluding hydrogens is 897 g/mol. The Bertz CT molecular complexity index is 2640. The van der Waals surface area contributed by atoms with E-state index >= 15 is 4.79 Å². The van der Waals surface area contributed by atoms with E-state index in [4.69, 9.17) is 15.2 Å². The average molecular weight is 961 g/mol. The fraction of sp³-hybridized carbons (Fsp3) is 0.434. The van der Waals surface area contributed by atoms with Gasteiger partial charge in [-0.15, -0.1) is 4.40 Å². The molecule has 2 unspecified atom stereocenters. The number of alkyl carbamates (subject to hydrolysis) is 1. The maximum atomic E-state index is 15.1. The lowest BCUT2D eigenvalue weighted by atomic mass is 9.88. The van der Waals surface area contributed by atoms with Gasteiger partial charge in [-0.2, -0.15) is 8.42 Å². The van der Waals surface area contributed by atoms with Crippen molar-refractivity contribution in [3.8, 4) is 16.9 Å². The van der Waals surface area contributed by atoms with E-state index < -0.39 is 52.0 Å². The third-order valence-electron chi connectivity index (χ3n) is 13.7. The molecule has 0 aromatic heterocycles. The third-order valence-corrected chi connectivity index (χ3v) is 15.3. The highest BCUT2D eigenvalue weighted by Crippen LogP contribution is 2.47. The summed E-state index contributed by atoms with van der Waals surface area (Å²) in [6.45, 7) is 6.67. The zero-order chi connectivity index (χ0) is 49.2. The van der Waals surface area contributed by atoms with Crippen LogP contribution in [0.3, 0.4) is 0 Å². The maximum absolute atomic E-state index is 15.1. The van der Waals surface area contributed by atoms with Crippen molar-refractivity contribution in [1.82, 2.24) is 20.4 Å². The molecule has 2 heterocycles. The number of piperidine rings is 1. The molecule has 4 N–H and O–H groups in total. The van der Waals surface area contributed by atoms with E-state index in [0.717, 1.165) is 47.1 Å². The standard InChI is InChI=1S/C53H64N6O9S/c1-34-32-45(67-4)35(2)36(3)50(34)69(65,66)57-46(54)26-14-13-24-42(44(60)27-28-47(61)58-29-15-6-16-30-58)55-51(62)43-25-17-31-59(43)52(63)49(56-53(64)68-33-37-18-7-5-8-19-37)48-40-22-11-9-20-38(40)39-21-10-12-23-41(39)48/h5,7-12,18-23,32,42-43,48-49H,6,13-17,24-31,33H2,1-4H3,(H2,54,57)(H,55,62)(H,56,64)/t42?,43-,49?/m0/s1. The highest BCUT2D eigenvalue weighted by Gasteiger charge is 2.45. The number of unbranched alkanes of at least 4 members (excludes halogenated alkanes) is 1. The lowest BCUT2D eigenvalue weighted by Gasteiger charge is -2.32. The van der Waals surface area contributed by atoms with Gasteiger partial charge in [0, 0.05) is 44.8 Å². The molecule has 2 aliphatic heterocycles. The second-order valence-electron chi connectivity index (χ2n) is 18.3. The van der Waals surface area contributed by atoms with Crippen LogP contribution < -0.4 is 21.1 Å². The van der Waals surface area contributed by atoms with E-state index in [2.05, 4.69) is 15.0 Å². The Balaban J connectivity index is 1.08.